The Balaban J connectivity index is 1.72. The highest BCUT2D eigenvalue weighted by atomic mass is 16.5. The molecule has 6 nitrogen and oxygen atoms in total. The Hall–Kier alpha value is -2.34. The van der Waals surface area contributed by atoms with Gasteiger partial charge in [-0.15, -0.1) is 0 Å². The summed E-state index contributed by atoms with van der Waals surface area (Å²) >= 11 is 0. The van der Waals surface area contributed by atoms with Gasteiger partial charge in [0.1, 0.15) is 11.5 Å². The van der Waals surface area contributed by atoms with E-state index < -0.39 is 0 Å². The van der Waals surface area contributed by atoms with Gasteiger partial charge in [-0.25, -0.2) is 9.97 Å². The van der Waals surface area contributed by atoms with Crippen LogP contribution in [0.2, 0.25) is 0 Å². The number of anilines is 1. The van der Waals surface area contributed by atoms with Gasteiger partial charge < -0.3 is 19.5 Å². The number of benzene rings is 1. The summed E-state index contributed by atoms with van der Waals surface area (Å²) in [5.41, 5.74) is 2.70. The lowest BCUT2D eigenvalue weighted by molar-refractivity contribution is 0.0533. The third-order valence-corrected chi connectivity index (χ3v) is 5.33. The summed E-state index contributed by atoms with van der Waals surface area (Å²) in [7, 11) is 1.65. The van der Waals surface area contributed by atoms with Crippen molar-refractivity contribution in [1.29, 1.82) is 0 Å². The molecule has 1 saturated heterocycles. The van der Waals surface area contributed by atoms with Crippen LogP contribution in [0.1, 0.15) is 22.9 Å². The number of ether oxygens (including phenoxy) is 2. The van der Waals surface area contributed by atoms with Crippen molar-refractivity contribution in [2.75, 3.05) is 38.3 Å². The maximum Gasteiger partial charge on any atom is 0.225 e. The average Bonchev–Trinajstić information content (AvgIpc) is 3.01. The number of aryl methyl sites for hydroxylation is 2. The maximum atomic E-state index is 10.2. The van der Waals surface area contributed by atoms with Crippen molar-refractivity contribution in [2.24, 2.45) is 5.41 Å². The van der Waals surface area contributed by atoms with Gasteiger partial charge in [0.25, 0.3) is 0 Å². The third-order valence-electron chi connectivity index (χ3n) is 5.33. The summed E-state index contributed by atoms with van der Waals surface area (Å²) in [5.74, 6) is 2.53. The van der Waals surface area contributed by atoms with Gasteiger partial charge in [-0.3, -0.25) is 0 Å². The SMILES string of the molecule is COc1ccc2c(c1)OC[C@@]1(CO)CN(c3nc(C)cc(C)n3)C[C@@H]21. The van der Waals surface area contributed by atoms with Gasteiger partial charge in [-0.2, -0.15) is 0 Å². The molecule has 0 amide bonds. The number of aliphatic hydroxyl groups is 1. The zero-order valence-corrected chi connectivity index (χ0v) is 14.8. The summed E-state index contributed by atoms with van der Waals surface area (Å²) in [6, 6.07) is 7.89. The second-order valence-electron chi connectivity index (χ2n) is 7.10. The van der Waals surface area contributed by atoms with Crippen molar-refractivity contribution in [3.63, 3.8) is 0 Å². The number of aromatic nitrogens is 2. The molecule has 25 heavy (non-hydrogen) atoms. The van der Waals surface area contributed by atoms with E-state index in [4.69, 9.17) is 9.47 Å². The standard InChI is InChI=1S/C19H23N3O3/c1-12-6-13(2)21-18(20-12)22-8-16-15-5-4-14(24-3)7-17(15)25-11-19(16,9-22)10-23/h4-7,16,23H,8-11H2,1-3H3/t16-,19-/m0/s1. The predicted octanol–water partition coefficient (Wildman–Crippen LogP) is 2.08. The normalized spacial score (nSPS) is 24.5. The van der Waals surface area contributed by atoms with E-state index in [0.29, 0.717) is 13.2 Å². The molecule has 0 saturated carbocycles. The minimum atomic E-state index is -0.331. The summed E-state index contributed by atoms with van der Waals surface area (Å²) < 4.78 is 11.3. The maximum absolute atomic E-state index is 10.2. The van der Waals surface area contributed by atoms with Gasteiger partial charge in [0.05, 0.1) is 25.7 Å². The third kappa shape index (κ3) is 2.61. The zero-order chi connectivity index (χ0) is 17.6. The van der Waals surface area contributed by atoms with Crippen LogP contribution in [0.4, 0.5) is 5.95 Å². The molecule has 1 aromatic carbocycles. The molecule has 0 spiro atoms. The highest BCUT2D eigenvalue weighted by Gasteiger charge is 2.51. The molecule has 4 rings (SSSR count). The van der Waals surface area contributed by atoms with E-state index in [1.54, 1.807) is 7.11 Å². The number of hydrogen-bond donors (Lipinski definition) is 1. The fourth-order valence-corrected chi connectivity index (χ4v) is 4.03. The van der Waals surface area contributed by atoms with E-state index in [1.807, 2.05) is 38.1 Å². The summed E-state index contributed by atoms with van der Waals surface area (Å²) in [4.78, 5) is 11.4. The molecule has 1 fully saturated rings. The van der Waals surface area contributed by atoms with Crippen LogP contribution in [-0.4, -0.2) is 48.5 Å². The summed E-state index contributed by atoms with van der Waals surface area (Å²) in [6.07, 6.45) is 0. The topological polar surface area (TPSA) is 67.7 Å². The van der Waals surface area contributed by atoms with Gasteiger partial charge in [0.15, 0.2) is 0 Å². The van der Waals surface area contributed by atoms with Crippen LogP contribution in [0, 0.1) is 19.3 Å². The minimum Gasteiger partial charge on any atom is -0.497 e. The molecule has 0 aliphatic carbocycles. The first-order valence-corrected chi connectivity index (χ1v) is 8.53. The number of fused-ring (bicyclic) bond motifs is 3. The van der Waals surface area contributed by atoms with E-state index >= 15 is 0 Å². The minimum absolute atomic E-state index is 0.0738. The first-order valence-electron chi connectivity index (χ1n) is 8.53. The van der Waals surface area contributed by atoms with Crippen molar-refractivity contribution < 1.29 is 14.6 Å². The molecule has 0 unspecified atom stereocenters. The molecule has 2 atom stereocenters. The van der Waals surface area contributed by atoms with Crippen molar-refractivity contribution >= 4 is 5.95 Å². The molecule has 1 N–H and O–H groups in total. The largest absolute Gasteiger partial charge is 0.497 e. The molecule has 1 aromatic heterocycles. The number of nitrogens with zero attached hydrogens (tertiary/aromatic N) is 3. The van der Waals surface area contributed by atoms with Crippen LogP contribution in [0.5, 0.6) is 11.5 Å². The molecular formula is C19H23N3O3. The Morgan fingerprint density at radius 3 is 2.72 bits per heavy atom. The van der Waals surface area contributed by atoms with E-state index in [9.17, 15) is 5.11 Å². The lowest BCUT2D eigenvalue weighted by Crippen LogP contribution is -2.42. The van der Waals surface area contributed by atoms with E-state index in [-0.39, 0.29) is 17.9 Å². The molecule has 6 heteroatoms. The Labute approximate surface area is 147 Å². The van der Waals surface area contributed by atoms with Crippen LogP contribution >= 0.6 is 0 Å². The summed E-state index contributed by atoms with van der Waals surface area (Å²) in [6.45, 7) is 5.97. The Morgan fingerprint density at radius 1 is 1.28 bits per heavy atom. The van der Waals surface area contributed by atoms with Crippen LogP contribution in [0.3, 0.4) is 0 Å². The molecule has 0 radical (unpaired) electrons. The molecule has 2 aromatic rings. The first kappa shape index (κ1) is 16.1. The highest BCUT2D eigenvalue weighted by molar-refractivity contribution is 5.49. The van der Waals surface area contributed by atoms with Crippen LogP contribution in [0.25, 0.3) is 0 Å². The van der Waals surface area contributed by atoms with Crippen molar-refractivity contribution in [3.8, 4) is 11.5 Å². The Bertz CT molecular complexity index is 790. The van der Waals surface area contributed by atoms with Crippen molar-refractivity contribution in [1.82, 2.24) is 9.97 Å². The lowest BCUT2D eigenvalue weighted by Gasteiger charge is -2.37. The first-order chi connectivity index (χ1) is 12.0. The van der Waals surface area contributed by atoms with Gasteiger partial charge in [-0.1, -0.05) is 6.07 Å². The Kier molecular flexibility index (Phi) is 3.80. The predicted molar refractivity (Wildman–Crippen MR) is 94.5 cm³/mol. The Morgan fingerprint density at radius 2 is 2.04 bits per heavy atom. The number of methoxy groups -OCH3 is 1. The molecule has 2 aliphatic rings. The van der Waals surface area contributed by atoms with Gasteiger partial charge in [0, 0.05) is 42.0 Å². The quantitative estimate of drug-likeness (QED) is 0.922. The molecule has 0 bridgehead atoms. The second-order valence-corrected chi connectivity index (χ2v) is 7.10. The number of rotatable bonds is 3. The van der Waals surface area contributed by atoms with E-state index in [2.05, 4.69) is 14.9 Å². The van der Waals surface area contributed by atoms with E-state index in [0.717, 1.165) is 40.9 Å². The molecular weight excluding hydrogens is 318 g/mol. The molecule has 132 valence electrons. The van der Waals surface area contributed by atoms with Gasteiger partial charge in [-0.05, 0) is 26.0 Å². The van der Waals surface area contributed by atoms with Crippen molar-refractivity contribution in [3.05, 3.63) is 41.2 Å². The lowest BCUT2D eigenvalue weighted by atomic mass is 9.74. The fraction of sp³-hybridized carbons (Fsp3) is 0.474. The van der Waals surface area contributed by atoms with Gasteiger partial charge in [0.2, 0.25) is 5.95 Å². The van der Waals surface area contributed by atoms with Crippen LogP contribution in [-0.2, 0) is 0 Å². The van der Waals surface area contributed by atoms with E-state index in [1.165, 1.54) is 0 Å². The number of hydrogen-bond acceptors (Lipinski definition) is 6. The van der Waals surface area contributed by atoms with Crippen LogP contribution in [0.15, 0.2) is 24.3 Å². The molecule has 2 aliphatic heterocycles. The number of aliphatic hydroxyl groups excluding tert-OH is 1. The fourth-order valence-electron chi connectivity index (χ4n) is 4.03. The van der Waals surface area contributed by atoms with Crippen molar-refractivity contribution in [2.45, 2.75) is 19.8 Å². The smallest absolute Gasteiger partial charge is 0.225 e. The van der Waals surface area contributed by atoms with Gasteiger partial charge >= 0.3 is 0 Å². The monoisotopic (exact) mass is 341 g/mol. The second kappa shape index (κ2) is 5.88. The molecule has 3 heterocycles. The highest BCUT2D eigenvalue weighted by Crippen LogP contribution is 2.50. The van der Waals surface area contributed by atoms with Crippen LogP contribution < -0.4 is 14.4 Å². The zero-order valence-electron chi connectivity index (χ0n) is 14.8. The summed E-state index contributed by atoms with van der Waals surface area (Å²) in [5, 5.41) is 10.2. The average molecular weight is 341 g/mol.